The lowest BCUT2D eigenvalue weighted by molar-refractivity contribution is -0.127. The molecule has 0 spiro atoms. The van der Waals surface area contributed by atoms with E-state index < -0.39 is 6.10 Å². The molecule has 3 aromatic rings. The summed E-state index contributed by atoms with van der Waals surface area (Å²) in [5.41, 5.74) is 0.785. The summed E-state index contributed by atoms with van der Waals surface area (Å²) < 4.78 is 15.9. The number of carbonyl (C=O) groups excluding carboxylic acids is 1. The number of aromatic nitrogens is 2. The summed E-state index contributed by atoms with van der Waals surface area (Å²) in [7, 11) is 1.60. The summed E-state index contributed by atoms with van der Waals surface area (Å²) in [5, 5.41) is 7.06. The van der Waals surface area contributed by atoms with Crippen molar-refractivity contribution in [3.05, 3.63) is 59.4 Å². The van der Waals surface area contributed by atoms with Crippen molar-refractivity contribution in [2.75, 3.05) is 7.11 Å². The zero-order valence-corrected chi connectivity index (χ0v) is 15.6. The Labute approximate surface area is 161 Å². The van der Waals surface area contributed by atoms with Gasteiger partial charge in [-0.15, -0.1) is 0 Å². The minimum Gasteiger partial charge on any atom is -0.497 e. The molecule has 0 aliphatic carbocycles. The fourth-order valence-corrected chi connectivity index (χ4v) is 2.46. The molecule has 2 aromatic carbocycles. The number of hydrogen-bond donors (Lipinski definition) is 1. The Bertz CT molecular complexity index is 911. The van der Waals surface area contributed by atoms with Gasteiger partial charge in [-0.1, -0.05) is 28.9 Å². The second-order valence-corrected chi connectivity index (χ2v) is 6.06. The number of nitrogens with zero attached hydrogens (tertiary/aromatic N) is 2. The van der Waals surface area contributed by atoms with Gasteiger partial charge in [0.25, 0.3) is 5.91 Å². The first kappa shape index (κ1) is 18.7. The lowest BCUT2D eigenvalue weighted by Crippen LogP contribution is -2.36. The maximum Gasteiger partial charge on any atom is 0.261 e. The Morgan fingerprint density at radius 2 is 1.96 bits per heavy atom. The first-order chi connectivity index (χ1) is 13.1. The number of carbonyl (C=O) groups is 1. The van der Waals surface area contributed by atoms with E-state index in [9.17, 15) is 4.79 Å². The molecule has 0 aliphatic heterocycles. The summed E-state index contributed by atoms with van der Waals surface area (Å²) in [4.78, 5) is 16.5. The molecule has 27 heavy (non-hydrogen) atoms. The average Bonchev–Trinajstić information content (AvgIpc) is 3.17. The van der Waals surface area contributed by atoms with E-state index >= 15 is 0 Å². The molecule has 0 unspecified atom stereocenters. The quantitative estimate of drug-likeness (QED) is 0.667. The minimum absolute atomic E-state index is 0.0954. The van der Waals surface area contributed by atoms with Crippen molar-refractivity contribution in [2.45, 2.75) is 19.6 Å². The highest BCUT2D eigenvalue weighted by atomic mass is 35.5. The van der Waals surface area contributed by atoms with Crippen LogP contribution in [0.4, 0.5) is 0 Å². The maximum atomic E-state index is 12.2. The van der Waals surface area contributed by atoms with Crippen molar-refractivity contribution in [1.29, 1.82) is 0 Å². The Balaban J connectivity index is 1.56. The SMILES string of the molecule is COc1ccc(-c2noc(CNC(=O)[C@@H](C)Oc3ccccc3Cl)n2)cc1. The van der Waals surface area contributed by atoms with Gasteiger partial charge in [0.1, 0.15) is 11.5 Å². The number of benzene rings is 2. The number of hydrogen-bond acceptors (Lipinski definition) is 6. The zero-order chi connectivity index (χ0) is 19.2. The van der Waals surface area contributed by atoms with Crippen LogP contribution >= 0.6 is 11.6 Å². The van der Waals surface area contributed by atoms with Crippen LogP contribution in [0.1, 0.15) is 12.8 Å². The van der Waals surface area contributed by atoms with Gasteiger partial charge >= 0.3 is 0 Å². The number of para-hydroxylation sites is 1. The van der Waals surface area contributed by atoms with Crippen LogP contribution in [-0.2, 0) is 11.3 Å². The highest BCUT2D eigenvalue weighted by Gasteiger charge is 2.17. The van der Waals surface area contributed by atoms with Gasteiger partial charge in [0.15, 0.2) is 6.10 Å². The molecule has 1 amide bonds. The molecule has 0 bridgehead atoms. The highest BCUT2D eigenvalue weighted by molar-refractivity contribution is 6.32. The van der Waals surface area contributed by atoms with Crippen molar-refractivity contribution in [3.8, 4) is 22.9 Å². The fraction of sp³-hybridized carbons (Fsp3) is 0.211. The Hall–Kier alpha value is -3.06. The number of ether oxygens (including phenoxy) is 2. The van der Waals surface area contributed by atoms with Crippen LogP contribution in [0.15, 0.2) is 53.1 Å². The Morgan fingerprint density at radius 1 is 1.22 bits per heavy atom. The van der Waals surface area contributed by atoms with Crippen molar-refractivity contribution in [2.24, 2.45) is 0 Å². The zero-order valence-electron chi connectivity index (χ0n) is 14.8. The van der Waals surface area contributed by atoms with Gasteiger partial charge in [-0.2, -0.15) is 4.98 Å². The standard InChI is InChI=1S/C19H18ClN3O4/c1-12(26-16-6-4-3-5-15(16)20)19(24)21-11-17-22-18(23-27-17)13-7-9-14(25-2)10-8-13/h3-10,12H,11H2,1-2H3,(H,21,24)/t12-/m1/s1. The lowest BCUT2D eigenvalue weighted by Gasteiger charge is -2.14. The molecule has 7 nitrogen and oxygen atoms in total. The predicted molar refractivity (Wildman–Crippen MR) is 99.7 cm³/mol. The van der Waals surface area contributed by atoms with Crippen molar-refractivity contribution >= 4 is 17.5 Å². The lowest BCUT2D eigenvalue weighted by atomic mass is 10.2. The second-order valence-electron chi connectivity index (χ2n) is 5.65. The molecule has 1 aromatic heterocycles. The van der Waals surface area contributed by atoms with Crippen LogP contribution in [0.25, 0.3) is 11.4 Å². The van der Waals surface area contributed by atoms with Gasteiger partial charge in [0.2, 0.25) is 11.7 Å². The molecule has 0 saturated heterocycles. The summed E-state index contributed by atoms with van der Waals surface area (Å²) in [6.07, 6.45) is -0.728. The van der Waals surface area contributed by atoms with Gasteiger partial charge in [-0.3, -0.25) is 4.79 Å². The largest absolute Gasteiger partial charge is 0.497 e. The Kier molecular flexibility index (Phi) is 5.93. The fourth-order valence-electron chi connectivity index (χ4n) is 2.27. The molecular weight excluding hydrogens is 370 g/mol. The van der Waals surface area contributed by atoms with Gasteiger partial charge in [-0.25, -0.2) is 0 Å². The topological polar surface area (TPSA) is 86.5 Å². The number of methoxy groups -OCH3 is 1. The first-order valence-electron chi connectivity index (χ1n) is 8.22. The van der Waals surface area contributed by atoms with Gasteiger partial charge in [-0.05, 0) is 43.3 Å². The van der Waals surface area contributed by atoms with Crippen LogP contribution in [0.5, 0.6) is 11.5 Å². The summed E-state index contributed by atoms with van der Waals surface area (Å²) in [6, 6.07) is 14.2. The number of rotatable bonds is 7. The normalized spacial score (nSPS) is 11.7. The molecule has 140 valence electrons. The van der Waals surface area contributed by atoms with Crippen LogP contribution < -0.4 is 14.8 Å². The molecule has 1 heterocycles. The van der Waals surface area contributed by atoms with Crippen LogP contribution in [0.3, 0.4) is 0 Å². The number of amides is 1. The molecule has 0 fully saturated rings. The van der Waals surface area contributed by atoms with Crippen LogP contribution in [-0.4, -0.2) is 29.3 Å². The third kappa shape index (κ3) is 4.77. The van der Waals surface area contributed by atoms with E-state index in [1.54, 1.807) is 50.4 Å². The van der Waals surface area contributed by atoms with E-state index in [1.807, 2.05) is 12.1 Å². The molecule has 3 rings (SSSR count). The van der Waals surface area contributed by atoms with Crippen molar-refractivity contribution in [3.63, 3.8) is 0 Å². The molecule has 8 heteroatoms. The molecular formula is C19H18ClN3O4. The van der Waals surface area contributed by atoms with Gasteiger partial charge in [0, 0.05) is 5.56 Å². The third-order valence-electron chi connectivity index (χ3n) is 3.74. The molecule has 1 atom stereocenters. The summed E-state index contributed by atoms with van der Waals surface area (Å²) in [5.74, 6) is 1.59. The molecule has 0 aliphatic rings. The first-order valence-corrected chi connectivity index (χ1v) is 8.60. The molecule has 0 radical (unpaired) electrons. The molecule has 1 N–H and O–H groups in total. The van der Waals surface area contributed by atoms with Gasteiger partial charge < -0.3 is 19.3 Å². The highest BCUT2D eigenvalue weighted by Crippen LogP contribution is 2.24. The average molecular weight is 388 g/mol. The van der Waals surface area contributed by atoms with E-state index in [4.69, 9.17) is 25.6 Å². The van der Waals surface area contributed by atoms with Crippen molar-refractivity contribution in [1.82, 2.24) is 15.5 Å². The number of nitrogens with one attached hydrogen (secondary N) is 1. The van der Waals surface area contributed by atoms with Gasteiger partial charge in [0.05, 0.1) is 18.7 Å². The van der Waals surface area contributed by atoms with E-state index in [-0.39, 0.29) is 12.5 Å². The van der Waals surface area contributed by atoms with Crippen LogP contribution in [0.2, 0.25) is 5.02 Å². The van der Waals surface area contributed by atoms with Crippen LogP contribution in [0, 0.1) is 0 Å². The van der Waals surface area contributed by atoms with E-state index in [0.29, 0.717) is 22.5 Å². The number of halogens is 1. The Morgan fingerprint density at radius 3 is 2.67 bits per heavy atom. The van der Waals surface area contributed by atoms with E-state index in [1.165, 1.54) is 0 Å². The maximum absolute atomic E-state index is 12.2. The smallest absolute Gasteiger partial charge is 0.261 e. The summed E-state index contributed by atoms with van der Waals surface area (Å²) in [6.45, 7) is 1.73. The van der Waals surface area contributed by atoms with E-state index in [2.05, 4.69) is 15.5 Å². The van der Waals surface area contributed by atoms with Crippen molar-refractivity contribution < 1.29 is 18.8 Å². The minimum atomic E-state index is -0.728. The summed E-state index contributed by atoms with van der Waals surface area (Å²) >= 11 is 6.03. The third-order valence-corrected chi connectivity index (χ3v) is 4.05. The predicted octanol–water partition coefficient (Wildman–Crippen LogP) is 3.48. The monoisotopic (exact) mass is 387 g/mol. The molecule has 0 saturated carbocycles. The van der Waals surface area contributed by atoms with E-state index in [0.717, 1.165) is 11.3 Å². The second kappa shape index (κ2) is 8.55.